The fraction of sp³-hybridized carbons (Fsp3) is 0.267. The maximum absolute atomic E-state index is 5.37. The molecule has 2 heterocycles. The summed E-state index contributed by atoms with van der Waals surface area (Å²) in [7, 11) is 3.15. The number of benzene rings is 1. The quantitative estimate of drug-likeness (QED) is 0.734. The summed E-state index contributed by atoms with van der Waals surface area (Å²) in [5, 5.41) is 4.96. The summed E-state index contributed by atoms with van der Waals surface area (Å²) in [6, 6.07) is 7.95. The second-order valence-corrected chi connectivity index (χ2v) is 4.64. The first-order valence-corrected chi connectivity index (χ1v) is 6.49. The molecule has 0 radical (unpaired) electrons. The Bertz CT molecular complexity index is 783. The molecule has 3 rings (SSSR count). The van der Waals surface area contributed by atoms with Crippen molar-refractivity contribution in [3.8, 4) is 17.3 Å². The van der Waals surface area contributed by atoms with Crippen LogP contribution in [0, 0.1) is 6.92 Å². The van der Waals surface area contributed by atoms with E-state index in [1.54, 1.807) is 14.2 Å². The van der Waals surface area contributed by atoms with Crippen molar-refractivity contribution in [1.82, 2.24) is 15.1 Å². The van der Waals surface area contributed by atoms with Crippen LogP contribution in [0.1, 0.15) is 11.5 Å². The van der Waals surface area contributed by atoms with E-state index in [0.29, 0.717) is 23.2 Å². The lowest BCUT2D eigenvalue weighted by Gasteiger charge is -2.08. The average Bonchev–Trinajstić information content (AvgIpc) is 2.95. The lowest BCUT2D eigenvalue weighted by molar-refractivity contribution is 0.151. The highest BCUT2D eigenvalue weighted by molar-refractivity contribution is 5.87. The number of rotatable bonds is 4. The van der Waals surface area contributed by atoms with Crippen molar-refractivity contribution in [2.75, 3.05) is 14.2 Å². The van der Waals surface area contributed by atoms with Gasteiger partial charge in [0.1, 0.15) is 6.61 Å². The molecular weight excluding hydrogens is 270 g/mol. The monoisotopic (exact) mass is 285 g/mol. The Morgan fingerprint density at radius 2 is 2.05 bits per heavy atom. The molecule has 0 aliphatic carbocycles. The van der Waals surface area contributed by atoms with Gasteiger partial charge in [0, 0.05) is 12.5 Å². The number of pyridine rings is 1. The van der Waals surface area contributed by atoms with Crippen LogP contribution in [0.2, 0.25) is 0 Å². The Kier molecular flexibility index (Phi) is 3.53. The predicted molar refractivity (Wildman–Crippen MR) is 77.0 cm³/mol. The normalized spacial score (nSPS) is 11.0. The zero-order chi connectivity index (χ0) is 14.8. The van der Waals surface area contributed by atoms with E-state index < -0.39 is 0 Å². The van der Waals surface area contributed by atoms with Gasteiger partial charge in [-0.2, -0.15) is 4.98 Å². The van der Waals surface area contributed by atoms with Crippen LogP contribution in [0.4, 0.5) is 0 Å². The highest BCUT2D eigenvalue weighted by atomic mass is 16.5. The van der Waals surface area contributed by atoms with Crippen molar-refractivity contribution in [2.45, 2.75) is 13.5 Å². The van der Waals surface area contributed by atoms with Gasteiger partial charge in [0.25, 0.3) is 5.89 Å². The van der Waals surface area contributed by atoms with E-state index in [0.717, 1.165) is 16.5 Å². The highest BCUT2D eigenvalue weighted by Crippen LogP contribution is 2.30. The highest BCUT2D eigenvalue weighted by Gasteiger charge is 2.16. The number of hydrogen-bond donors (Lipinski definition) is 0. The van der Waals surface area contributed by atoms with Crippen molar-refractivity contribution in [1.29, 1.82) is 0 Å². The Balaban J connectivity index is 2.16. The van der Waals surface area contributed by atoms with Crippen LogP contribution in [-0.2, 0) is 11.3 Å². The largest absolute Gasteiger partial charge is 0.480 e. The van der Waals surface area contributed by atoms with Gasteiger partial charge in [-0.05, 0) is 18.6 Å². The molecule has 0 saturated carbocycles. The molecule has 0 bridgehead atoms. The van der Waals surface area contributed by atoms with Crippen molar-refractivity contribution in [2.24, 2.45) is 0 Å². The van der Waals surface area contributed by atoms with E-state index in [1.165, 1.54) is 0 Å². The number of methoxy groups -OCH3 is 2. The van der Waals surface area contributed by atoms with Crippen LogP contribution in [0.15, 0.2) is 28.8 Å². The molecule has 0 unspecified atom stereocenters. The molecule has 0 aliphatic rings. The van der Waals surface area contributed by atoms with E-state index in [9.17, 15) is 0 Å². The number of para-hydroxylation sites is 1. The van der Waals surface area contributed by atoms with Crippen molar-refractivity contribution in [3.63, 3.8) is 0 Å². The number of aryl methyl sites for hydroxylation is 1. The third-order valence-electron chi connectivity index (χ3n) is 3.18. The van der Waals surface area contributed by atoms with Gasteiger partial charge >= 0.3 is 0 Å². The summed E-state index contributed by atoms with van der Waals surface area (Å²) in [4.78, 5) is 8.83. The standard InChI is InChI=1S/C15H15N3O3/c1-9-5-4-6-10-7-11(15(20-3)17-13(9)10)14-16-12(8-19-2)21-18-14/h4-7H,8H2,1-3H3. The summed E-state index contributed by atoms with van der Waals surface area (Å²) in [5.41, 5.74) is 2.69. The van der Waals surface area contributed by atoms with Gasteiger partial charge in [0.05, 0.1) is 18.2 Å². The van der Waals surface area contributed by atoms with E-state index >= 15 is 0 Å². The second-order valence-electron chi connectivity index (χ2n) is 4.64. The van der Waals surface area contributed by atoms with Crippen molar-refractivity contribution in [3.05, 3.63) is 35.7 Å². The van der Waals surface area contributed by atoms with Crippen molar-refractivity contribution < 1.29 is 14.0 Å². The van der Waals surface area contributed by atoms with Gasteiger partial charge in [-0.25, -0.2) is 4.98 Å². The summed E-state index contributed by atoms with van der Waals surface area (Å²) in [5.74, 6) is 1.33. The lowest BCUT2D eigenvalue weighted by atomic mass is 10.1. The number of aromatic nitrogens is 3. The summed E-state index contributed by atoms with van der Waals surface area (Å²) < 4.78 is 15.5. The first-order valence-electron chi connectivity index (χ1n) is 6.49. The van der Waals surface area contributed by atoms with E-state index in [1.807, 2.05) is 31.2 Å². The number of hydrogen-bond acceptors (Lipinski definition) is 6. The number of nitrogens with zero attached hydrogens (tertiary/aromatic N) is 3. The first kappa shape index (κ1) is 13.5. The molecule has 1 aromatic carbocycles. The molecule has 21 heavy (non-hydrogen) atoms. The molecule has 0 atom stereocenters. The fourth-order valence-electron chi connectivity index (χ4n) is 2.19. The summed E-state index contributed by atoms with van der Waals surface area (Å²) >= 11 is 0. The van der Waals surface area contributed by atoms with Gasteiger partial charge < -0.3 is 14.0 Å². The molecule has 0 fully saturated rings. The molecule has 3 aromatic rings. The van der Waals surface area contributed by atoms with Gasteiger partial charge in [-0.1, -0.05) is 23.4 Å². The van der Waals surface area contributed by atoms with Gasteiger partial charge in [0.15, 0.2) is 0 Å². The van der Waals surface area contributed by atoms with Crippen LogP contribution in [0.25, 0.3) is 22.3 Å². The topological polar surface area (TPSA) is 70.3 Å². The van der Waals surface area contributed by atoms with Crippen LogP contribution in [0.5, 0.6) is 5.88 Å². The lowest BCUT2D eigenvalue weighted by Crippen LogP contribution is -1.95. The predicted octanol–water partition coefficient (Wildman–Crippen LogP) is 2.75. The van der Waals surface area contributed by atoms with Gasteiger partial charge in [-0.15, -0.1) is 0 Å². The SMILES string of the molecule is COCc1nc(-c2cc3cccc(C)c3nc2OC)no1. The molecule has 6 nitrogen and oxygen atoms in total. The Labute approximate surface area is 121 Å². The van der Waals surface area contributed by atoms with E-state index in [4.69, 9.17) is 14.0 Å². The van der Waals surface area contributed by atoms with Crippen molar-refractivity contribution >= 4 is 10.9 Å². The average molecular weight is 285 g/mol. The third-order valence-corrected chi connectivity index (χ3v) is 3.18. The Hall–Kier alpha value is -2.47. The molecule has 0 spiro atoms. The minimum absolute atomic E-state index is 0.273. The minimum atomic E-state index is 0.273. The zero-order valence-electron chi connectivity index (χ0n) is 12.1. The molecule has 6 heteroatoms. The van der Waals surface area contributed by atoms with E-state index in [-0.39, 0.29) is 6.61 Å². The van der Waals surface area contributed by atoms with Crippen LogP contribution >= 0.6 is 0 Å². The molecular formula is C15H15N3O3. The molecule has 0 N–H and O–H groups in total. The molecule has 108 valence electrons. The first-order chi connectivity index (χ1) is 10.2. The minimum Gasteiger partial charge on any atom is -0.480 e. The van der Waals surface area contributed by atoms with Gasteiger partial charge in [0.2, 0.25) is 11.7 Å². The fourth-order valence-corrected chi connectivity index (χ4v) is 2.19. The molecule has 0 saturated heterocycles. The van der Waals surface area contributed by atoms with Crippen LogP contribution in [-0.4, -0.2) is 29.3 Å². The maximum atomic E-state index is 5.37. The van der Waals surface area contributed by atoms with Gasteiger partial charge in [-0.3, -0.25) is 0 Å². The number of fused-ring (bicyclic) bond motifs is 1. The second kappa shape index (κ2) is 5.49. The smallest absolute Gasteiger partial charge is 0.252 e. The van der Waals surface area contributed by atoms with E-state index in [2.05, 4.69) is 15.1 Å². The zero-order valence-corrected chi connectivity index (χ0v) is 12.1. The van der Waals surface area contributed by atoms with Crippen LogP contribution < -0.4 is 4.74 Å². The molecule has 0 aliphatic heterocycles. The molecule has 2 aromatic heterocycles. The number of ether oxygens (including phenoxy) is 2. The Morgan fingerprint density at radius 1 is 1.19 bits per heavy atom. The van der Waals surface area contributed by atoms with Crippen LogP contribution in [0.3, 0.4) is 0 Å². The molecule has 0 amide bonds. The Morgan fingerprint density at radius 3 is 2.81 bits per heavy atom. The summed E-state index contributed by atoms with van der Waals surface area (Å²) in [6.45, 7) is 2.29. The maximum Gasteiger partial charge on any atom is 0.252 e. The summed E-state index contributed by atoms with van der Waals surface area (Å²) in [6.07, 6.45) is 0. The third kappa shape index (κ3) is 2.45.